The van der Waals surface area contributed by atoms with Crippen LogP contribution in [-0.2, 0) is 11.4 Å². The molecule has 3 aromatic carbocycles. The van der Waals surface area contributed by atoms with Gasteiger partial charge in [0.2, 0.25) is 0 Å². The van der Waals surface area contributed by atoms with Gasteiger partial charge in [0.1, 0.15) is 12.4 Å². The molecule has 0 saturated heterocycles. The molecule has 3 rings (SSSR count). The molecule has 0 aliphatic carbocycles. The van der Waals surface area contributed by atoms with Crippen molar-refractivity contribution >= 4 is 29.6 Å². The molecular weight excluding hydrogens is 402 g/mol. The highest BCUT2D eigenvalue weighted by Crippen LogP contribution is 2.14. The van der Waals surface area contributed by atoms with Crippen molar-refractivity contribution in [2.75, 3.05) is 6.54 Å². The second-order valence-electron chi connectivity index (χ2n) is 6.30. The summed E-state index contributed by atoms with van der Waals surface area (Å²) in [7, 11) is 0. The van der Waals surface area contributed by atoms with E-state index < -0.39 is 11.8 Å². The van der Waals surface area contributed by atoms with Crippen molar-refractivity contribution in [1.82, 2.24) is 10.7 Å². The summed E-state index contributed by atoms with van der Waals surface area (Å²) in [6.45, 7) is 0.276. The highest BCUT2D eigenvalue weighted by atomic mass is 35.5. The summed E-state index contributed by atoms with van der Waals surface area (Å²) in [5.74, 6) is -0.136. The lowest BCUT2D eigenvalue weighted by Crippen LogP contribution is -2.35. The standard InChI is InChI=1S/C23H20ClN3O3/c24-21-9-5-4-8-20(21)23(29)25-15-22(28)27-26-14-17-10-12-19(13-11-17)30-16-18-6-2-1-3-7-18/h1-14H,15-16H2,(H,25,29)(H,27,28)/b26-14+. The molecule has 0 fully saturated rings. The van der Waals surface area contributed by atoms with Crippen LogP contribution in [-0.4, -0.2) is 24.6 Å². The van der Waals surface area contributed by atoms with Gasteiger partial charge >= 0.3 is 0 Å². The summed E-state index contributed by atoms with van der Waals surface area (Å²) < 4.78 is 5.73. The Balaban J connectivity index is 1.41. The average Bonchev–Trinajstić information content (AvgIpc) is 2.78. The van der Waals surface area contributed by atoms with Crippen LogP contribution < -0.4 is 15.5 Å². The normalized spacial score (nSPS) is 10.6. The number of nitrogens with one attached hydrogen (secondary N) is 2. The largest absolute Gasteiger partial charge is 0.489 e. The number of halogens is 1. The van der Waals surface area contributed by atoms with E-state index in [0.717, 1.165) is 16.9 Å². The lowest BCUT2D eigenvalue weighted by atomic mass is 10.2. The van der Waals surface area contributed by atoms with Gasteiger partial charge < -0.3 is 10.1 Å². The quantitative estimate of drug-likeness (QED) is 0.429. The minimum atomic E-state index is -0.450. The third-order valence-electron chi connectivity index (χ3n) is 4.06. The SMILES string of the molecule is O=C(CNC(=O)c1ccccc1Cl)N/N=C/c1ccc(OCc2ccccc2)cc1. The fourth-order valence-corrected chi connectivity index (χ4v) is 2.73. The fraction of sp³-hybridized carbons (Fsp3) is 0.0870. The number of carbonyl (C=O) groups excluding carboxylic acids is 2. The predicted molar refractivity (Wildman–Crippen MR) is 117 cm³/mol. The van der Waals surface area contributed by atoms with Crippen molar-refractivity contribution in [2.24, 2.45) is 5.10 Å². The third kappa shape index (κ3) is 6.46. The maximum atomic E-state index is 12.0. The molecule has 152 valence electrons. The molecule has 6 nitrogen and oxygen atoms in total. The van der Waals surface area contributed by atoms with E-state index in [9.17, 15) is 9.59 Å². The number of hydrazone groups is 1. The first kappa shape index (κ1) is 21.1. The fourth-order valence-electron chi connectivity index (χ4n) is 2.51. The Hall–Kier alpha value is -3.64. The number of ether oxygens (including phenoxy) is 1. The summed E-state index contributed by atoms with van der Waals surface area (Å²) in [5.41, 5.74) is 4.56. The van der Waals surface area contributed by atoms with Crippen molar-refractivity contribution in [3.05, 3.63) is 101 Å². The van der Waals surface area contributed by atoms with Gasteiger partial charge in [-0.2, -0.15) is 5.10 Å². The Morgan fingerprint density at radius 3 is 2.37 bits per heavy atom. The van der Waals surface area contributed by atoms with E-state index in [1.807, 2.05) is 54.6 Å². The van der Waals surface area contributed by atoms with Crippen molar-refractivity contribution in [2.45, 2.75) is 6.61 Å². The molecule has 30 heavy (non-hydrogen) atoms. The van der Waals surface area contributed by atoms with E-state index in [1.165, 1.54) is 6.21 Å². The molecule has 0 radical (unpaired) electrons. The van der Waals surface area contributed by atoms with Crippen LogP contribution in [0.1, 0.15) is 21.5 Å². The van der Waals surface area contributed by atoms with Gasteiger partial charge in [-0.05, 0) is 47.5 Å². The molecule has 0 spiro atoms. The molecule has 0 aliphatic rings. The van der Waals surface area contributed by atoms with E-state index >= 15 is 0 Å². The molecule has 2 N–H and O–H groups in total. The Morgan fingerprint density at radius 1 is 0.933 bits per heavy atom. The van der Waals surface area contributed by atoms with Crippen LogP contribution in [0.5, 0.6) is 5.75 Å². The molecular formula is C23H20ClN3O3. The molecule has 7 heteroatoms. The van der Waals surface area contributed by atoms with E-state index in [0.29, 0.717) is 17.2 Å². The maximum Gasteiger partial charge on any atom is 0.259 e. The summed E-state index contributed by atoms with van der Waals surface area (Å²) in [6.07, 6.45) is 1.51. The minimum absolute atomic E-state index is 0.215. The van der Waals surface area contributed by atoms with E-state index in [2.05, 4.69) is 15.8 Å². The minimum Gasteiger partial charge on any atom is -0.489 e. The first-order valence-electron chi connectivity index (χ1n) is 9.23. The molecule has 0 heterocycles. The zero-order valence-electron chi connectivity index (χ0n) is 16.0. The average molecular weight is 422 g/mol. The second kappa shape index (κ2) is 10.8. The van der Waals surface area contributed by atoms with Gasteiger partial charge in [0.25, 0.3) is 11.8 Å². The molecule has 0 aliphatic heterocycles. The van der Waals surface area contributed by atoms with Crippen LogP contribution in [0.15, 0.2) is 84.0 Å². The van der Waals surface area contributed by atoms with Gasteiger partial charge in [-0.15, -0.1) is 0 Å². The topological polar surface area (TPSA) is 79.8 Å². The second-order valence-corrected chi connectivity index (χ2v) is 6.71. The number of amides is 2. The van der Waals surface area contributed by atoms with Gasteiger partial charge in [0, 0.05) is 0 Å². The van der Waals surface area contributed by atoms with Crippen molar-refractivity contribution in [3.63, 3.8) is 0 Å². The van der Waals surface area contributed by atoms with Crippen molar-refractivity contribution in [1.29, 1.82) is 0 Å². The molecule has 0 unspecified atom stereocenters. The highest BCUT2D eigenvalue weighted by molar-refractivity contribution is 6.33. The van der Waals surface area contributed by atoms with E-state index in [-0.39, 0.29) is 6.54 Å². The van der Waals surface area contributed by atoms with Crippen LogP contribution >= 0.6 is 11.6 Å². The number of hydrogen-bond acceptors (Lipinski definition) is 4. The van der Waals surface area contributed by atoms with E-state index in [1.54, 1.807) is 24.3 Å². The summed E-state index contributed by atoms with van der Waals surface area (Å²) in [4.78, 5) is 23.9. The third-order valence-corrected chi connectivity index (χ3v) is 4.39. The van der Waals surface area contributed by atoms with Crippen LogP contribution in [0, 0.1) is 0 Å². The van der Waals surface area contributed by atoms with Gasteiger partial charge in [-0.25, -0.2) is 5.43 Å². The Bertz CT molecular complexity index is 1020. The van der Waals surface area contributed by atoms with E-state index in [4.69, 9.17) is 16.3 Å². The van der Waals surface area contributed by atoms with Crippen LogP contribution in [0.25, 0.3) is 0 Å². The smallest absolute Gasteiger partial charge is 0.259 e. The highest BCUT2D eigenvalue weighted by Gasteiger charge is 2.10. The first-order valence-corrected chi connectivity index (χ1v) is 9.61. The maximum absolute atomic E-state index is 12.0. The summed E-state index contributed by atoms with van der Waals surface area (Å²) >= 11 is 5.95. The van der Waals surface area contributed by atoms with Crippen molar-refractivity contribution in [3.8, 4) is 5.75 Å². The van der Waals surface area contributed by atoms with Crippen LogP contribution in [0.2, 0.25) is 5.02 Å². The number of rotatable bonds is 8. The zero-order chi connectivity index (χ0) is 21.2. The van der Waals surface area contributed by atoms with Crippen LogP contribution in [0.3, 0.4) is 0 Å². The summed E-state index contributed by atoms with van der Waals surface area (Å²) in [5, 5.41) is 6.71. The molecule has 3 aromatic rings. The number of hydrogen-bond donors (Lipinski definition) is 2. The summed E-state index contributed by atoms with van der Waals surface area (Å²) in [6, 6.07) is 23.8. The van der Waals surface area contributed by atoms with Gasteiger partial charge in [-0.1, -0.05) is 54.1 Å². The molecule has 2 amide bonds. The number of benzene rings is 3. The zero-order valence-corrected chi connectivity index (χ0v) is 16.8. The van der Waals surface area contributed by atoms with Crippen molar-refractivity contribution < 1.29 is 14.3 Å². The van der Waals surface area contributed by atoms with Gasteiger partial charge in [0.15, 0.2) is 0 Å². The Kier molecular flexibility index (Phi) is 7.58. The van der Waals surface area contributed by atoms with Crippen LogP contribution in [0.4, 0.5) is 0 Å². The van der Waals surface area contributed by atoms with Gasteiger partial charge in [-0.3, -0.25) is 9.59 Å². The molecule has 0 atom stereocenters. The predicted octanol–water partition coefficient (Wildman–Crippen LogP) is 3.80. The monoisotopic (exact) mass is 421 g/mol. The molecule has 0 bridgehead atoms. The molecule has 0 saturated carbocycles. The lowest BCUT2D eigenvalue weighted by Gasteiger charge is -2.06. The Labute approximate surface area is 179 Å². The first-order chi connectivity index (χ1) is 14.6. The van der Waals surface area contributed by atoms with Gasteiger partial charge in [0.05, 0.1) is 23.3 Å². The number of nitrogens with zero attached hydrogens (tertiary/aromatic N) is 1. The Morgan fingerprint density at radius 2 is 1.63 bits per heavy atom. The number of carbonyl (C=O) groups is 2. The lowest BCUT2D eigenvalue weighted by molar-refractivity contribution is -0.120. The molecule has 0 aromatic heterocycles.